The molecule has 2 unspecified atom stereocenters. The number of nitrogens with one attached hydrogen (secondary N) is 2. The van der Waals surface area contributed by atoms with Crippen LogP contribution in [-0.2, 0) is 6.54 Å². The Kier molecular flexibility index (Phi) is 5.08. The van der Waals surface area contributed by atoms with Gasteiger partial charge in [0.2, 0.25) is 0 Å². The Labute approximate surface area is 181 Å². The predicted molar refractivity (Wildman–Crippen MR) is 120 cm³/mol. The number of benzene rings is 2. The number of H-pyrrole nitrogens is 1. The SMILES string of the molecule is Cc1ccc(C(=O)N2c3cc[nH]c3C(=O)N(Cc3ccccc3)C2C2CCCN2)cc1. The van der Waals surface area contributed by atoms with Crippen molar-refractivity contribution in [1.82, 2.24) is 15.2 Å². The number of aryl methyl sites for hydroxylation is 1. The highest BCUT2D eigenvalue weighted by atomic mass is 16.2. The lowest BCUT2D eigenvalue weighted by Gasteiger charge is -2.46. The lowest BCUT2D eigenvalue weighted by Crippen LogP contribution is -2.63. The van der Waals surface area contributed by atoms with Crippen molar-refractivity contribution in [2.75, 3.05) is 11.4 Å². The third-order valence-corrected chi connectivity index (χ3v) is 6.21. The average molecular weight is 415 g/mol. The minimum absolute atomic E-state index is 0.0186. The van der Waals surface area contributed by atoms with Crippen LogP contribution in [0.25, 0.3) is 0 Å². The molecular formula is C25H26N4O2. The molecule has 0 bridgehead atoms. The fourth-order valence-corrected chi connectivity index (χ4v) is 4.65. The summed E-state index contributed by atoms with van der Waals surface area (Å²) in [4.78, 5) is 34.0. The van der Waals surface area contributed by atoms with Gasteiger partial charge in [0.25, 0.3) is 11.8 Å². The summed E-state index contributed by atoms with van der Waals surface area (Å²) in [6, 6.07) is 19.4. The van der Waals surface area contributed by atoms with Crippen LogP contribution in [0.1, 0.15) is 44.8 Å². The van der Waals surface area contributed by atoms with E-state index in [-0.39, 0.29) is 17.9 Å². The molecule has 3 heterocycles. The van der Waals surface area contributed by atoms with Crippen LogP contribution in [0.2, 0.25) is 0 Å². The Morgan fingerprint density at radius 2 is 1.84 bits per heavy atom. The van der Waals surface area contributed by atoms with Crippen molar-refractivity contribution in [2.45, 2.75) is 38.5 Å². The van der Waals surface area contributed by atoms with Crippen LogP contribution in [0.4, 0.5) is 5.69 Å². The van der Waals surface area contributed by atoms with E-state index in [1.807, 2.05) is 77.4 Å². The Balaban J connectivity index is 1.61. The van der Waals surface area contributed by atoms with Gasteiger partial charge in [0, 0.05) is 24.3 Å². The second kappa shape index (κ2) is 8.04. The monoisotopic (exact) mass is 414 g/mol. The van der Waals surface area contributed by atoms with Crippen LogP contribution in [0.3, 0.4) is 0 Å². The number of aromatic amines is 1. The topological polar surface area (TPSA) is 68.4 Å². The second-order valence-corrected chi connectivity index (χ2v) is 8.31. The van der Waals surface area contributed by atoms with Crippen molar-refractivity contribution in [1.29, 1.82) is 0 Å². The fourth-order valence-electron chi connectivity index (χ4n) is 4.65. The van der Waals surface area contributed by atoms with E-state index in [2.05, 4.69) is 10.3 Å². The predicted octanol–water partition coefficient (Wildman–Crippen LogP) is 3.70. The Morgan fingerprint density at radius 3 is 2.55 bits per heavy atom. The molecule has 2 atom stereocenters. The van der Waals surface area contributed by atoms with Crippen molar-refractivity contribution in [3.8, 4) is 0 Å². The molecule has 0 radical (unpaired) electrons. The molecule has 2 aromatic carbocycles. The molecule has 2 aliphatic heterocycles. The molecule has 5 rings (SSSR count). The third kappa shape index (κ3) is 3.53. The zero-order valence-electron chi connectivity index (χ0n) is 17.5. The number of rotatable bonds is 4. The lowest BCUT2D eigenvalue weighted by atomic mass is 10.0. The maximum atomic E-state index is 13.8. The Hall–Kier alpha value is -3.38. The number of hydrogen-bond acceptors (Lipinski definition) is 3. The maximum Gasteiger partial charge on any atom is 0.274 e. The van der Waals surface area contributed by atoms with Crippen molar-refractivity contribution in [2.24, 2.45) is 0 Å². The number of carbonyl (C=O) groups excluding carboxylic acids is 2. The summed E-state index contributed by atoms with van der Waals surface area (Å²) in [7, 11) is 0. The highest BCUT2D eigenvalue weighted by molar-refractivity contribution is 6.12. The summed E-state index contributed by atoms with van der Waals surface area (Å²) in [5.74, 6) is -0.166. The zero-order valence-corrected chi connectivity index (χ0v) is 17.5. The first-order chi connectivity index (χ1) is 15.1. The summed E-state index contributed by atoms with van der Waals surface area (Å²) in [6.07, 6.45) is 3.29. The van der Waals surface area contributed by atoms with Gasteiger partial charge < -0.3 is 15.2 Å². The van der Waals surface area contributed by atoms with Gasteiger partial charge in [-0.3, -0.25) is 14.5 Å². The summed E-state index contributed by atoms with van der Waals surface area (Å²) in [5.41, 5.74) is 3.88. The summed E-state index contributed by atoms with van der Waals surface area (Å²) >= 11 is 0. The van der Waals surface area contributed by atoms with E-state index < -0.39 is 6.17 Å². The molecule has 158 valence electrons. The lowest BCUT2D eigenvalue weighted by molar-refractivity contribution is 0.0564. The van der Waals surface area contributed by atoms with Gasteiger partial charge >= 0.3 is 0 Å². The molecule has 2 amide bonds. The quantitative estimate of drug-likeness (QED) is 0.684. The number of amides is 2. The molecule has 0 saturated carbocycles. The fraction of sp³-hybridized carbons (Fsp3) is 0.280. The Bertz CT molecular complexity index is 1080. The minimum atomic E-state index is -0.396. The molecule has 1 saturated heterocycles. The highest BCUT2D eigenvalue weighted by Gasteiger charge is 2.46. The number of carbonyl (C=O) groups is 2. The van der Waals surface area contributed by atoms with Gasteiger partial charge in [-0.1, -0.05) is 48.0 Å². The molecule has 0 aliphatic carbocycles. The van der Waals surface area contributed by atoms with Gasteiger partial charge in [0.05, 0.1) is 5.69 Å². The summed E-state index contributed by atoms with van der Waals surface area (Å²) in [6.45, 7) is 3.34. The van der Waals surface area contributed by atoms with E-state index >= 15 is 0 Å². The normalized spacial score (nSPS) is 20.7. The maximum absolute atomic E-state index is 13.8. The van der Waals surface area contributed by atoms with Crippen molar-refractivity contribution in [3.63, 3.8) is 0 Å². The minimum Gasteiger partial charge on any atom is -0.355 e. The second-order valence-electron chi connectivity index (χ2n) is 8.31. The van der Waals surface area contributed by atoms with Gasteiger partial charge in [-0.05, 0) is 50.1 Å². The molecule has 1 aromatic heterocycles. The van der Waals surface area contributed by atoms with E-state index in [1.165, 1.54) is 0 Å². The first kappa shape index (κ1) is 19.6. The number of aromatic nitrogens is 1. The van der Waals surface area contributed by atoms with Crippen LogP contribution in [0.15, 0.2) is 66.9 Å². The summed E-state index contributed by atoms with van der Waals surface area (Å²) in [5, 5.41) is 3.53. The molecule has 2 aliphatic rings. The van der Waals surface area contributed by atoms with E-state index in [9.17, 15) is 9.59 Å². The molecule has 6 nitrogen and oxygen atoms in total. The molecule has 3 aromatic rings. The average Bonchev–Trinajstić information content (AvgIpc) is 3.48. The number of hydrogen-bond donors (Lipinski definition) is 2. The Morgan fingerprint density at radius 1 is 1.06 bits per heavy atom. The molecule has 6 heteroatoms. The van der Waals surface area contributed by atoms with Crippen LogP contribution in [0.5, 0.6) is 0 Å². The van der Waals surface area contributed by atoms with Crippen LogP contribution < -0.4 is 10.2 Å². The van der Waals surface area contributed by atoms with Crippen LogP contribution in [-0.4, -0.2) is 40.5 Å². The standard InChI is InChI=1S/C25H26N4O2/c1-17-9-11-19(12-10-17)24(30)29-21-13-15-27-22(21)25(31)28(16-18-6-3-2-4-7-18)23(29)20-8-5-14-26-20/h2-4,6-7,9-13,15,20,23,26-27H,5,8,14,16H2,1H3. The van der Waals surface area contributed by atoms with E-state index in [1.54, 1.807) is 6.20 Å². The first-order valence-electron chi connectivity index (χ1n) is 10.8. The van der Waals surface area contributed by atoms with E-state index in [0.29, 0.717) is 23.5 Å². The molecule has 1 fully saturated rings. The van der Waals surface area contributed by atoms with E-state index in [4.69, 9.17) is 0 Å². The molecule has 31 heavy (non-hydrogen) atoms. The number of anilines is 1. The number of nitrogens with zero attached hydrogens (tertiary/aromatic N) is 2. The van der Waals surface area contributed by atoms with Gasteiger partial charge in [-0.25, -0.2) is 0 Å². The third-order valence-electron chi connectivity index (χ3n) is 6.21. The summed E-state index contributed by atoms with van der Waals surface area (Å²) < 4.78 is 0. The zero-order chi connectivity index (χ0) is 21.4. The van der Waals surface area contributed by atoms with Gasteiger partial charge in [0.15, 0.2) is 0 Å². The first-order valence-corrected chi connectivity index (χ1v) is 10.8. The number of fused-ring (bicyclic) bond motifs is 1. The van der Waals surface area contributed by atoms with Crippen molar-refractivity contribution in [3.05, 3.63) is 89.2 Å². The van der Waals surface area contributed by atoms with Gasteiger partial charge in [0.1, 0.15) is 11.9 Å². The highest BCUT2D eigenvalue weighted by Crippen LogP contribution is 2.35. The smallest absolute Gasteiger partial charge is 0.274 e. The van der Waals surface area contributed by atoms with Gasteiger partial charge in [-0.15, -0.1) is 0 Å². The van der Waals surface area contributed by atoms with Crippen molar-refractivity contribution >= 4 is 17.5 Å². The molecule has 0 spiro atoms. The largest absolute Gasteiger partial charge is 0.355 e. The van der Waals surface area contributed by atoms with Crippen LogP contribution in [0, 0.1) is 6.92 Å². The molecule has 2 N–H and O–H groups in total. The molecular weight excluding hydrogens is 388 g/mol. The van der Waals surface area contributed by atoms with Crippen LogP contribution >= 0.6 is 0 Å². The van der Waals surface area contributed by atoms with E-state index in [0.717, 1.165) is 30.5 Å². The van der Waals surface area contributed by atoms with Gasteiger partial charge in [-0.2, -0.15) is 0 Å². The van der Waals surface area contributed by atoms with Crippen molar-refractivity contribution < 1.29 is 9.59 Å².